The fourth-order valence-corrected chi connectivity index (χ4v) is 3.67. The molecule has 3 aromatic rings. The first-order valence-electron chi connectivity index (χ1n) is 9.44. The summed E-state index contributed by atoms with van der Waals surface area (Å²) in [4.78, 5) is 30.2. The molecule has 10 heteroatoms. The Morgan fingerprint density at radius 1 is 0.938 bits per heavy atom. The molecule has 1 N–H and O–H groups in total. The van der Waals surface area contributed by atoms with Crippen molar-refractivity contribution in [3.63, 3.8) is 0 Å². The quantitative estimate of drug-likeness (QED) is 0.596. The fraction of sp³-hybridized carbons (Fsp3) is 0.182. The van der Waals surface area contributed by atoms with Gasteiger partial charge in [0.05, 0.1) is 23.9 Å². The van der Waals surface area contributed by atoms with Crippen LogP contribution in [0.3, 0.4) is 0 Å². The number of rotatable bonds is 3. The van der Waals surface area contributed by atoms with Crippen LogP contribution in [0.4, 0.5) is 34.6 Å². The smallest absolute Gasteiger partial charge is 0.416 e. The highest BCUT2D eigenvalue weighted by Gasteiger charge is 2.37. The SMILES string of the molecule is COc1[nH]c(=O)ccc1N1CN(c2ccc(F)cc2C)c2cc(C(F)(F)F)ccc2C1=O. The van der Waals surface area contributed by atoms with Crippen LogP contribution in [0.5, 0.6) is 5.88 Å². The highest BCUT2D eigenvalue weighted by Crippen LogP contribution is 2.41. The number of halogens is 4. The number of alkyl halides is 3. The monoisotopic (exact) mass is 447 g/mol. The molecule has 0 radical (unpaired) electrons. The third kappa shape index (κ3) is 3.68. The highest BCUT2D eigenvalue weighted by molar-refractivity contribution is 6.13. The molecule has 166 valence electrons. The average molecular weight is 447 g/mol. The Morgan fingerprint density at radius 2 is 1.66 bits per heavy atom. The molecular weight excluding hydrogens is 430 g/mol. The van der Waals surface area contributed by atoms with Gasteiger partial charge in [-0.25, -0.2) is 4.39 Å². The lowest BCUT2D eigenvalue weighted by atomic mass is 10.0. The zero-order valence-corrected chi connectivity index (χ0v) is 17.0. The van der Waals surface area contributed by atoms with Gasteiger partial charge in [-0.05, 0) is 55.0 Å². The second kappa shape index (κ2) is 7.70. The topological polar surface area (TPSA) is 65.6 Å². The number of nitrogens with zero attached hydrogens (tertiary/aromatic N) is 2. The summed E-state index contributed by atoms with van der Waals surface area (Å²) in [6, 6.07) is 9.32. The number of methoxy groups -OCH3 is 1. The van der Waals surface area contributed by atoms with E-state index in [1.807, 2.05) is 0 Å². The molecule has 0 fully saturated rings. The third-order valence-corrected chi connectivity index (χ3v) is 5.18. The molecule has 2 aromatic carbocycles. The van der Waals surface area contributed by atoms with Crippen molar-refractivity contribution in [2.45, 2.75) is 13.1 Å². The first-order chi connectivity index (χ1) is 15.1. The predicted octanol–water partition coefficient (Wildman–Crippen LogP) is 4.61. The second-order valence-corrected chi connectivity index (χ2v) is 7.20. The molecule has 0 atom stereocenters. The second-order valence-electron chi connectivity index (χ2n) is 7.20. The number of aromatic amines is 1. The van der Waals surface area contributed by atoms with Gasteiger partial charge < -0.3 is 9.64 Å². The van der Waals surface area contributed by atoms with Crippen LogP contribution in [0.2, 0.25) is 0 Å². The number of benzene rings is 2. The number of ether oxygens (including phenoxy) is 1. The van der Waals surface area contributed by atoms with Crippen molar-refractivity contribution in [2.75, 3.05) is 23.6 Å². The van der Waals surface area contributed by atoms with E-state index in [-0.39, 0.29) is 29.5 Å². The molecule has 0 saturated carbocycles. The van der Waals surface area contributed by atoms with E-state index in [1.165, 1.54) is 47.2 Å². The van der Waals surface area contributed by atoms with Gasteiger partial charge in [-0.3, -0.25) is 19.5 Å². The van der Waals surface area contributed by atoms with Crippen molar-refractivity contribution in [1.29, 1.82) is 0 Å². The molecule has 32 heavy (non-hydrogen) atoms. The minimum Gasteiger partial charge on any atom is -0.481 e. The van der Waals surface area contributed by atoms with Gasteiger partial charge in [0.25, 0.3) is 11.5 Å². The van der Waals surface area contributed by atoms with E-state index in [0.717, 1.165) is 18.2 Å². The Morgan fingerprint density at radius 3 is 2.31 bits per heavy atom. The number of nitrogens with one attached hydrogen (secondary N) is 1. The minimum atomic E-state index is -4.61. The van der Waals surface area contributed by atoms with Crippen LogP contribution in [0.25, 0.3) is 0 Å². The summed E-state index contributed by atoms with van der Waals surface area (Å²) >= 11 is 0. The maximum absolute atomic E-state index is 13.7. The van der Waals surface area contributed by atoms with Crippen molar-refractivity contribution in [3.8, 4) is 5.88 Å². The Kier molecular flexibility index (Phi) is 5.15. The van der Waals surface area contributed by atoms with E-state index in [4.69, 9.17) is 4.74 Å². The summed E-state index contributed by atoms with van der Waals surface area (Å²) in [5.74, 6) is -1.05. The van der Waals surface area contributed by atoms with E-state index < -0.39 is 29.0 Å². The lowest BCUT2D eigenvalue weighted by Crippen LogP contribution is -2.45. The predicted molar refractivity (Wildman–Crippen MR) is 110 cm³/mol. The summed E-state index contributed by atoms with van der Waals surface area (Å²) in [6.45, 7) is 1.43. The molecule has 1 aliphatic heterocycles. The van der Waals surface area contributed by atoms with Gasteiger partial charge in [0.15, 0.2) is 0 Å². The summed E-state index contributed by atoms with van der Waals surface area (Å²) < 4.78 is 59.0. The lowest BCUT2D eigenvalue weighted by Gasteiger charge is -2.39. The van der Waals surface area contributed by atoms with Gasteiger partial charge >= 0.3 is 6.18 Å². The number of hydrogen-bond acceptors (Lipinski definition) is 4. The zero-order chi connectivity index (χ0) is 23.2. The maximum Gasteiger partial charge on any atom is 0.416 e. The Hall–Kier alpha value is -3.82. The summed E-state index contributed by atoms with van der Waals surface area (Å²) in [5.41, 5.74) is -0.183. The fourth-order valence-electron chi connectivity index (χ4n) is 3.67. The van der Waals surface area contributed by atoms with Crippen molar-refractivity contribution in [3.05, 3.63) is 81.4 Å². The van der Waals surface area contributed by atoms with Crippen LogP contribution in [0.1, 0.15) is 21.5 Å². The number of H-pyrrole nitrogens is 1. The largest absolute Gasteiger partial charge is 0.481 e. The van der Waals surface area contributed by atoms with Gasteiger partial charge in [-0.2, -0.15) is 13.2 Å². The summed E-state index contributed by atoms with van der Waals surface area (Å²) in [5, 5.41) is 0. The molecule has 1 amide bonds. The van der Waals surface area contributed by atoms with Gasteiger partial charge in [0.1, 0.15) is 18.2 Å². The number of fused-ring (bicyclic) bond motifs is 1. The van der Waals surface area contributed by atoms with E-state index in [2.05, 4.69) is 4.98 Å². The molecule has 0 bridgehead atoms. The highest BCUT2D eigenvalue weighted by atomic mass is 19.4. The lowest BCUT2D eigenvalue weighted by molar-refractivity contribution is -0.137. The standard InChI is InChI=1S/C22H17F4N3O3/c1-12-9-14(23)4-6-16(12)28-11-29(17-7-8-19(30)27-20(17)32-2)21(31)15-5-3-13(10-18(15)28)22(24,25)26/h3-10H,11H2,1-2H3,(H,27,30). The zero-order valence-electron chi connectivity index (χ0n) is 17.0. The maximum atomic E-state index is 13.7. The number of aromatic nitrogens is 1. The van der Waals surface area contributed by atoms with Gasteiger partial charge in [0.2, 0.25) is 5.88 Å². The number of carbonyl (C=O) groups excluding carboxylic acids is 1. The average Bonchev–Trinajstić information content (AvgIpc) is 2.74. The van der Waals surface area contributed by atoms with Crippen LogP contribution in [-0.4, -0.2) is 24.7 Å². The van der Waals surface area contributed by atoms with Crippen molar-refractivity contribution < 1.29 is 27.1 Å². The molecule has 0 spiro atoms. The number of anilines is 3. The van der Waals surface area contributed by atoms with Gasteiger partial charge in [0, 0.05) is 11.8 Å². The normalized spacial score (nSPS) is 13.9. The number of pyridine rings is 1. The molecule has 1 aromatic heterocycles. The molecule has 6 nitrogen and oxygen atoms in total. The molecule has 4 rings (SSSR count). The Bertz CT molecular complexity index is 1270. The van der Waals surface area contributed by atoms with Crippen LogP contribution in [0.15, 0.2) is 53.3 Å². The Labute approximate surface area is 179 Å². The van der Waals surface area contributed by atoms with Crippen LogP contribution in [0, 0.1) is 12.7 Å². The number of amides is 1. The van der Waals surface area contributed by atoms with E-state index in [9.17, 15) is 27.2 Å². The molecule has 0 aliphatic carbocycles. The molecule has 0 saturated heterocycles. The van der Waals surface area contributed by atoms with E-state index in [1.54, 1.807) is 6.92 Å². The third-order valence-electron chi connectivity index (χ3n) is 5.18. The summed E-state index contributed by atoms with van der Waals surface area (Å²) in [6.07, 6.45) is -4.61. The molecule has 1 aliphatic rings. The Balaban J connectivity index is 1.93. The first kappa shape index (κ1) is 21.4. The summed E-state index contributed by atoms with van der Waals surface area (Å²) in [7, 11) is 1.31. The molecular formula is C22H17F4N3O3. The van der Waals surface area contributed by atoms with Crippen molar-refractivity contribution in [2.24, 2.45) is 0 Å². The van der Waals surface area contributed by atoms with Crippen LogP contribution in [-0.2, 0) is 6.18 Å². The van der Waals surface area contributed by atoms with Crippen LogP contribution >= 0.6 is 0 Å². The number of aryl methyl sites for hydroxylation is 1. The molecule has 0 unspecified atom stereocenters. The number of carbonyl (C=O) groups is 1. The van der Waals surface area contributed by atoms with Crippen LogP contribution < -0.4 is 20.1 Å². The van der Waals surface area contributed by atoms with Crippen molar-refractivity contribution >= 4 is 23.0 Å². The minimum absolute atomic E-state index is 0.0150. The van der Waals surface area contributed by atoms with Gasteiger partial charge in [-0.15, -0.1) is 0 Å². The first-order valence-corrected chi connectivity index (χ1v) is 9.44. The molecule has 2 heterocycles. The van der Waals surface area contributed by atoms with E-state index in [0.29, 0.717) is 11.3 Å². The number of hydrogen-bond donors (Lipinski definition) is 1. The van der Waals surface area contributed by atoms with Crippen molar-refractivity contribution in [1.82, 2.24) is 4.98 Å². The van der Waals surface area contributed by atoms with E-state index >= 15 is 0 Å². The van der Waals surface area contributed by atoms with Gasteiger partial charge in [-0.1, -0.05) is 0 Å².